The number of aromatic nitrogens is 2. The first-order chi connectivity index (χ1) is 12.7. The SMILES string of the molecule is CCn1c(=O)c2cc(S(=O)(=O)NC3(C)CC3CC#N)ccc2n(CC)c1=O. The van der Waals surface area contributed by atoms with Gasteiger partial charge in [0.15, 0.2) is 0 Å². The predicted octanol–water partition coefficient (Wildman–Crippen LogP) is 1.17. The molecule has 1 aliphatic carbocycles. The van der Waals surface area contributed by atoms with Gasteiger partial charge in [0.2, 0.25) is 10.0 Å². The standard InChI is InChI=1S/C18H22N4O4S/c1-4-21-15-7-6-13(10-14(15)16(23)22(5-2)17(21)24)27(25,26)20-18(3)11-12(18)8-9-19/h6-7,10,12,20H,4-5,8,11H2,1-3H3. The van der Waals surface area contributed by atoms with E-state index in [2.05, 4.69) is 10.8 Å². The summed E-state index contributed by atoms with van der Waals surface area (Å²) < 4.78 is 30.8. The maximum Gasteiger partial charge on any atom is 0.331 e. The zero-order valence-electron chi connectivity index (χ0n) is 15.5. The Kier molecular flexibility index (Phi) is 4.74. The van der Waals surface area contributed by atoms with Gasteiger partial charge in [-0.3, -0.25) is 13.9 Å². The molecule has 2 atom stereocenters. The second-order valence-corrected chi connectivity index (χ2v) is 8.72. The number of nitriles is 1. The first-order valence-electron chi connectivity index (χ1n) is 8.86. The highest BCUT2D eigenvalue weighted by Crippen LogP contribution is 2.46. The first-order valence-corrected chi connectivity index (χ1v) is 10.3. The molecule has 144 valence electrons. The van der Waals surface area contributed by atoms with E-state index in [-0.39, 0.29) is 22.7 Å². The molecule has 2 aromatic rings. The summed E-state index contributed by atoms with van der Waals surface area (Å²) >= 11 is 0. The van der Waals surface area contributed by atoms with Crippen molar-refractivity contribution in [2.24, 2.45) is 5.92 Å². The largest absolute Gasteiger partial charge is 0.331 e. The van der Waals surface area contributed by atoms with E-state index < -0.39 is 26.8 Å². The number of nitrogens with zero attached hydrogens (tertiary/aromatic N) is 3. The minimum Gasteiger partial charge on any atom is -0.293 e. The van der Waals surface area contributed by atoms with Crippen LogP contribution in [0.2, 0.25) is 0 Å². The average Bonchev–Trinajstić information content (AvgIpc) is 3.23. The van der Waals surface area contributed by atoms with Crippen LogP contribution in [0.5, 0.6) is 0 Å². The second kappa shape index (κ2) is 6.62. The molecule has 0 radical (unpaired) electrons. The highest BCUT2D eigenvalue weighted by atomic mass is 32.2. The topological polar surface area (TPSA) is 114 Å². The lowest BCUT2D eigenvalue weighted by Gasteiger charge is -2.15. The molecule has 0 bridgehead atoms. The Hall–Kier alpha value is -2.44. The minimum atomic E-state index is -3.86. The Morgan fingerprint density at radius 3 is 2.52 bits per heavy atom. The molecular formula is C18H22N4O4S. The van der Waals surface area contributed by atoms with Crippen LogP contribution in [0, 0.1) is 17.2 Å². The Morgan fingerprint density at radius 1 is 1.26 bits per heavy atom. The van der Waals surface area contributed by atoms with Gasteiger partial charge in [0, 0.05) is 25.0 Å². The number of sulfonamides is 1. The Bertz CT molecular complexity index is 1170. The summed E-state index contributed by atoms with van der Waals surface area (Å²) in [5, 5.41) is 8.99. The van der Waals surface area contributed by atoms with E-state index in [1.807, 2.05) is 0 Å². The second-order valence-electron chi connectivity index (χ2n) is 7.04. The van der Waals surface area contributed by atoms with Gasteiger partial charge in [0.1, 0.15) is 0 Å². The van der Waals surface area contributed by atoms with E-state index in [1.165, 1.54) is 22.8 Å². The third kappa shape index (κ3) is 3.19. The van der Waals surface area contributed by atoms with Crippen LogP contribution in [-0.4, -0.2) is 23.1 Å². The summed E-state index contributed by atoms with van der Waals surface area (Å²) in [4.78, 5) is 25.0. The summed E-state index contributed by atoms with van der Waals surface area (Å²) in [5.74, 6) is -0.0136. The zero-order valence-corrected chi connectivity index (χ0v) is 16.3. The maximum absolute atomic E-state index is 12.8. The normalized spacial score (nSPS) is 21.9. The molecule has 1 aromatic heterocycles. The van der Waals surface area contributed by atoms with Gasteiger partial charge in [-0.1, -0.05) is 0 Å². The van der Waals surface area contributed by atoms with E-state index in [9.17, 15) is 18.0 Å². The predicted molar refractivity (Wildman–Crippen MR) is 101 cm³/mol. The molecule has 0 amide bonds. The molecule has 1 aliphatic rings. The van der Waals surface area contributed by atoms with E-state index in [0.717, 1.165) is 4.57 Å². The van der Waals surface area contributed by atoms with Crippen molar-refractivity contribution >= 4 is 20.9 Å². The molecule has 1 saturated carbocycles. The quantitative estimate of drug-likeness (QED) is 0.795. The van der Waals surface area contributed by atoms with Crippen LogP contribution in [0.4, 0.5) is 0 Å². The first kappa shape index (κ1) is 19.3. The molecular weight excluding hydrogens is 368 g/mol. The van der Waals surface area contributed by atoms with Crippen molar-refractivity contribution in [2.45, 2.75) is 57.1 Å². The lowest BCUT2D eigenvalue weighted by atomic mass is 10.2. The number of rotatable bonds is 6. The highest BCUT2D eigenvalue weighted by Gasteiger charge is 2.52. The monoisotopic (exact) mass is 390 g/mol. The summed E-state index contributed by atoms with van der Waals surface area (Å²) in [6, 6.07) is 6.28. The van der Waals surface area contributed by atoms with Crippen LogP contribution in [0.15, 0.2) is 32.7 Å². The van der Waals surface area contributed by atoms with Gasteiger partial charge >= 0.3 is 5.69 Å². The van der Waals surface area contributed by atoms with Crippen LogP contribution in [0.3, 0.4) is 0 Å². The zero-order chi connectivity index (χ0) is 20.0. The molecule has 1 heterocycles. The number of nitrogens with one attached hydrogen (secondary N) is 1. The van der Waals surface area contributed by atoms with Gasteiger partial charge in [-0.25, -0.2) is 17.9 Å². The minimum absolute atomic E-state index is 0.0136. The third-order valence-corrected chi connectivity index (χ3v) is 6.87. The summed E-state index contributed by atoms with van der Waals surface area (Å²) in [6.07, 6.45) is 0.895. The smallest absolute Gasteiger partial charge is 0.293 e. The van der Waals surface area contributed by atoms with E-state index in [4.69, 9.17) is 5.26 Å². The number of benzene rings is 1. The lowest BCUT2D eigenvalue weighted by Crippen LogP contribution is -2.39. The van der Waals surface area contributed by atoms with Gasteiger partial charge in [-0.05, 0) is 51.3 Å². The number of hydrogen-bond donors (Lipinski definition) is 1. The van der Waals surface area contributed by atoms with Crippen molar-refractivity contribution in [3.63, 3.8) is 0 Å². The molecule has 8 nitrogen and oxygen atoms in total. The summed E-state index contributed by atoms with van der Waals surface area (Å²) in [6.45, 7) is 5.83. The third-order valence-electron chi connectivity index (χ3n) is 5.26. The molecule has 1 aromatic carbocycles. The fraction of sp³-hybridized carbons (Fsp3) is 0.500. The summed E-state index contributed by atoms with van der Waals surface area (Å²) in [5.41, 5.74) is -1.14. The maximum atomic E-state index is 12.8. The number of hydrogen-bond acceptors (Lipinski definition) is 5. The Balaban J connectivity index is 2.11. The summed E-state index contributed by atoms with van der Waals surface area (Å²) in [7, 11) is -3.86. The van der Waals surface area contributed by atoms with Gasteiger partial charge in [-0.15, -0.1) is 0 Å². The molecule has 1 fully saturated rings. The fourth-order valence-corrected chi connectivity index (χ4v) is 5.01. The van der Waals surface area contributed by atoms with Crippen molar-refractivity contribution < 1.29 is 8.42 Å². The molecule has 0 spiro atoms. The molecule has 0 saturated heterocycles. The van der Waals surface area contributed by atoms with Crippen LogP contribution in [-0.2, 0) is 23.1 Å². The number of fused-ring (bicyclic) bond motifs is 1. The van der Waals surface area contributed by atoms with Crippen LogP contribution in [0.1, 0.15) is 33.6 Å². The average molecular weight is 390 g/mol. The van der Waals surface area contributed by atoms with Crippen LogP contribution < -0.4 is 16.0 Å². The molecule has 1 N–H and O–H groups in total. The van der Waals surface area contributed by atoms with Gasteiger partial charge in [0.25, 0.3) is 5.56 Å². The van der Waals surface area contributed by atoms with Gasteiger partial charge in [-0.2, -0.15) is 5.26 Å². The van der Waals surface area contributed by atoms with Crippen molar-refractivity contribution in [3.05, 3.63) is 39.0 Å². The fourth-order valence-electron chi connectivity index (χ4n) is 3.51. The lowest BCUT2D eigenvalue weighted by molar-refractivity contribution is 0.538. The van der Waals surface area contributed by atoms with Crippen molar-refractivity contribution in [3.8, 4) is 6.07 Å². The Labute approximate surface area is 157 Å². The van der Waals surface area contributed by atoms with Crippen LogP contribution in [0.25, 0.3) is 10.9 Å². The van der Waals surface area contributed by atoms with Gasteiger partial charge < -0.3 is 0 Å². The molecule has 3 rings (SSSR count). The highest BCUT2D eigenvalue weighted by molar-refractivity contribution is 7.89. The molecule has 2 unspecified atom stereocenters. The van der Waals surface area contributed by atoms with Gasteiger partial charge in [0.05, 0.1) is 21.9 Å². The van der Waals surface area contributed by atoms with E-state index >= 15 is 0 Å². The molecule has 9 heteroatoms. The molecule has 0 aliphatic heterocycles. The molecule has 27 heavy (non-hydrogen) atoms. The van der Waals surface area contributed by atoms with Crippen LogP contribution >= 0.6 is 0 Å². The number of aryl methyl sites for hydroxylation is 1. The van der Waals surface area contributed by atoms with Crippen molar-refractivity contribution in [1.29, 1.82) is 5.26 Å². The van der Waals surface area contributed by atoms with E-state index in [0.29, 0.717) is 24.9 Å². The van der Waals surface area contributed by atoms with Crippen molar-refractivity contribution in [2.75, 3.05) is 0 Å². The van der Waals surface area contributed by atoms with E-state index in [1.54, 1.807) is 20.8 Å². The Morgan fingerprint density at radius 2 is 1.93 bits per heavy atom. The van der Waals surface area contributed by atoms with Crippen molar-refractivity contribution in [1.82, 2.24) is 13.9 Å².